The molecule has 1 saturated carbocycles. The minimum Gasteiger partial charge on any atom is -0.379 e. The third-order valence-corrected chi connectivity index (χ3v) is 4.95. The van der Waals surface area contributed by atoms with Crippen LogP contribution in [0.15, 0.2) is 29.3 Å². The fraction of sp³-hybridized carbons (Fsp3) is 0.650. The first-order valence-electron chi connectivity index (χ1n) is 9.56. The average Bonchev–Trinajstić information content (AvgIpc) is 3.43. The topological polar surface area (TPSA) is 40.1 Å². The molecule has 1 aromatic rings. The number of halogens is 1. The van der Waals surface area contributed by atoms with Crippen molar-refractivity contribution in [2.75, 3.05) is 53.0 Å². The number of ether oxygens (including phenoxy) is 1. The predicted octanol–water partition coefficient (Wildman–Crippen LogP) is 2.73. The smallest absolute Gasteiger partial charge is 0.193 e. The van der Waals surface area contributed by atoms with Crippen LogP contribution in [0, 0.1) is 12.8 Å². The molecule has 0 atom stereocenters. The van der Waals surface area contributed by atoms with E-state index in [1.807, 2.05) is 7.05 Å². The number of piperazine rings is 1. The van der Waals surface area contributed by atoms with E-state index < -0.39 is 0 Å². The van der Waals surface area contributed by atoms with Gasteiger partial charge in [0.1, 0.15) is 0 Å². The third kappa shape index (κ3) is 7.04. The van der Waals surface area contributed by atoms with Crippen LogP contribution in [0.1, 0.15) is 24.0 Å². The standard InChI is InChI=1S/C20H32N4O.HI/c1-17-4-3-5-19(14-17)15-23-9-11-24(12-10-23)20(21-2)22-8-13-25-16-18-6-7-18;/h3-5,14,18H,6-13,15-16H2,1-2H3,(H,21,22);1H. The van der Waals surface area contributed by atoms with Gasteiger partial charge in [-0.3, -0.25) is 9.89 Å². The van der Waals surface area contributed by atoms with Gasteiger partial charge in [-0.2, -0.15) is 0 Å². The highest BCUT2D eigenvalue weighted by molar-refractivity contribution is 14.0. The minimum absolute atomic E-state index is 0. The number of aryl methyl sites for hydroxylation is 1. The zero-order valence-corrected chi connectivity index (χ0v) is 18.4. The van der Waals surface area contributed by atoms with E-state index in [1.54, 1.807) is 0 Å². The highest BCUT2D eigenvalue weighted by Crippen LogP contribution is 2.28. The zero-order chi connectivity index (χ0) is 17.5. The Hall–Kier alpha value is -0.860. The predicted molar refractivity (Wildman–Crippen MR) is 118 cm³/mol. The molecule has 5 nitrogen and oxygen atoms in total. The van der Waals surface area contributed by atoms with Crippen LogP contribution in [-0.4, -0.2) is 68.7 Å². The van der Waals surface area contributed by atoms with Crippen molar-refractivity contribution in [3.05, 3.63) is 35.4 Å². The largest absolute Gasteiger partial charge is 0.379 e. The van der Waals surface area contributed by atoms with Gasteiger partial charge < -0.3 is 15.0 Å². The molecule has 3 rings (SSSR count). The average molecular weight is 472 g/mol. The fourth-order valence-corrected chi connectivity index (χ4v) is 3.29. The van der Waals surface area contributed by atoms with Gasteiger partial charge in [-0.1, -0.05) is 29.8 Å². The molecule has 146 valence electrons. The highest BCUT2D eigenvalue weighted by Gasteiger charge is 2.21. The number of aliphatic imine (C=N–C) groups is 1. The molecular formula is C20H33IN4O. The molecule has 0 unspecified atom stereocenters. The van der Waals surface area contributed by atoms with Gasteiger partial charge in [0.05, 0.1) is 6.61 Å². The molecule has 1 N–H and O–H groups in total. The maximum absolute atomic E-state index is 5.69. The summed E-state index contributed by atoms with van der Waals surface area (Å²) in [4.78, 5) is 9.31. The molecule has 1 heterocycles. The molecule has 1 aliphatic heterocycles. The Labute approximate surface area is 175 Å². The molecule has 0 amide bonds. The van der Waals surface area contributed by atoms with Crippen molar-refractivity contribution < 1.29 is 4.74 Å². The van der Waals surface area contributed by atoms with Crippen LogP contribution in [0.2, 0.25) is 0 Å². The molecule has 2 aliphatic rings. The van der Waals surface area contributed by atoms with E-state index in [9.17, 15) is 0 Å². The summed E-state index contributed by atoms with van der Waals surface area (Å²) in [6.45, 7) is 9.92. The Morgan fingerprint density at radius 1 is 1.23 bits per heavy atom. The lowest BCUT2D eigenvalue weighted by Gasteiger charge is -2.36. The van der Waals surface area contributed by atoms with Gasteiger partial charge in [0.2, 0.25) is 0 Å². The van der Waals surface area contributed by atoms with Crippen molar-refractivity contribution in [1.29, 1.82) is 0 Å². The monoisotopic (exact) mass is 472 g/mol. The van der Waals surface area contributed by atoms with Crippen LogP contribution in [0.25, 0.3) is 0 Å². The van der Waals surface area contributed by atoms with E-state index in [0.717, 1.165) is 64.4 Å². The minimum atomic E-state index is 0. The fourth-order valence-electron chi connectivity index (χ4n) is 3.29. The first-order valence-corrected chi connectivity index (χ1v) is 9.56. The Kier molecular flexibility index (Phi) is 9.15. The summed E-state index contributed by atoms with van der Waals surface area (Å²) in [7, 11) is 1.87. The molecule has 26 heavy (non-hydrogen) atoms. The normalized spacial score (nSPS) is 18.5. The summed E-state index contributed by atoms with van der Waals surface area (Å²) < 4.78 is 5.69. The molecule has 0 radical (unpaired) electrons. The second-order valence-electron chi connectivity index (χ2n) is 7.24. The molecule has 6 heteroatoms. The van der Waals surface area contributed by atoms with Crippen LogP contribution in [0.5, 0.6) is 0 Å². The van der Waals surface area contributed by atoms with Gasteiger partial charge in [-0.25, -0.2) is 0 Å². The summed E-state index contributed by atoms with van der Waals surface area (Å²) in [6, 6.07) is 8.82. The lowest BCUT2D eigenvalue weighted by molar-refractivity contribution is 0.127. The van der Waals surface area contributed by atoms with Crippen molar-refractivity contribution in [1.82, 2.24) is 15.1 Å². The zero-order valence-electron chi connectivity index (χ0n) is 16.1. The summed E-state index contributed by atoms with van der Waals surface area (Å²) >= 11 is 0. The molecule has 1 saturated heterocycles. The van der Waals surface area contributed by atoms with Gasteiger partial charge >= 0.3 is 0 Å². The van der Waals surface area contributed by atoms with E-state index in [2.05, 4.69) is 51.3 Å². The van der Waals surface area contributed by atoms with E-state index in [-0.39, 0.29) is 24.0 Å². The van der Waals surface area contributed by atoms with Crippen LogP contribution < -0.4 is 5.32 Å². The number of nitrogens with zero attached hydrogens (tertiary/aromatic N) is 3. The lowest BCUT2D eigenvalue weighted by Crippen LogP contribution is -2.52. The van der Waals surface area contributed by atoms with Crippen molar-refractivity contribution in [2.45, 2.75) is 26.3 Å². The van der Waals surface area contributed by atoms with Crippen LogP contribution in [-0.2, 0) is 11.3 Å². The van der Waals surface area contributed by atoms with Crippen molar-refractivity contribution in [3.63, 3.8) is 0 Å². The number of guanidine groups is 1. The van der Waals surface area contributed by atoms with Crippen LogP contribution in [0.4, 0.5) is 0 Å². The third-order valence-electron chi connectivity index (χ3n) is 4.95. The lowest BCUT2D eigenvalue weighted by atomic mass is 10.1. The second kappa shape index (κ2) is 11.1. The summed E-state index contributed by atoms with van der Waals surface area (Å²) in [5, 5.41) is 3.44. The molecule has 0 aromatic heterocycles. The maximum atomic E-state index is 5.69. The van der Waals surface area contributed by atoms with Crippen LogP contribution >= 0.6 is 24.0 Å². The molecule has 1 aromatic carbocycles. The molecule has 1 aliphatic carbocycles. The van der Waals surface area contributed by atoms with Crippen molar-refractivity contribution >= 4 is 29.9 Å². The summed E-state index contributed by atoms with van der Waals surface area (Å²) in [5.41, 5.74) is 2.74. The van der Waals surface area contributed by atoms with E-state index in [0.29, 0.717) is 0 Å². The Balaban J connectivity index is 0.00000243. The van der Waals surface area contributed by atoms with Gasteiger partial charge in [0, 0.05) is 52.9 Å². The number of hydrogen-bond donors (Lipinski definition) is 1. The number of rotatable bonds is 7. The van der Waals surface area contributed by atoms with Crippen molar-refractivity contribution in [3.8, 4) is 0 Å². The van der Waals surface area contributed by atoms with Gasteiger partial charge in [-0.05, 0) is 31.2 Å². The quantitative estimate of drug-likeness (QED) is 0.287. The Bertz CT molecular complexity index is 569. The maximum Gasteiger partial charge on any atom is 0.193 e. The summed E-state index contributed by atoms with van der Waals surface area (Å²) in [5.74, 6) is 1.84. The molecule has 2 fully saturated rings. The van der Waals surface area contributed by atoms with Crippen molar-refractivity contribution in [2.24, 2.45) is 10.9 Å². The number of hydrogen-bond acceptors (Lipinski definition) is 3. The Morgan fingerprint density at radius 2 is 2.00 bits per heavy atom. The Morgan fingerprint density at radius 3 is 2.65 bits per heavy atom. The molecule has 0 spiro atoms. The summed E-state index contributed by atoms with van der Waals surface area (Å²) in [6.07, 6.45) is 2.70. The highest BCUT2D eigenvalue weighted by atomic mass is 127. The van der Waals surface area contributed by atoms with Gasteiger partial charge in [0.25, 0.3) is 0 Å². The first kappa shape index (κ1) is 21.4. The van der Waals surface area contributed by atoms with Gasteiger partial charge in [-0.15, -0.1) is 24.0 Å². The SMILES string of the molecule is CN=C(NCCOCC1CC1)N1CCN(Cc2cccc(C)c2)CC1.I. The van der Waals surface area contributed by atoms with Gasteiger partial charge in [0.15, 0.2) is 5.96 Å². The van der Waals surface area contributed by atoms with E-state index >= 15 is 0 Å². The number of nitrogens with one attached hydrogen (secondary N) is 1. The molecular weight excluding hydrogens is 439 g/mol. The van der Waals surface area contributed by atoms with E-state index in [4.69, 9.17) is 4.74 Å². The number of benzene rings is 1. The first-order chi connectivity index (χ1) is 12.2. The van der Waals surface area contributed by atoms with Crippen LogP contribution in [0.3, 0.4) is 0 Å². The van der Waals surface area contributed by atoms with E-state index in [1.165, 1.54) is 24.0 Å². The molecule has 0 bridgehead atoms. The second-order valence-corrected chi connectivity index (χ2v) is 7.24.